The van der Waals surface area contributed by atoms with Crippen molar-refractivity contribution in [1.82, 2.24) is 4.31 Å². The van der Waals surface area contributed by atoms with Gasteiger partial charge in [-0.2, -0.15) is 4.31 Å². The van der Waals surface area contributed by atoms with Crippen molar-refractivity contribution in [2.75, 3.05) is 12.8 Å². The Morgan fingerprint density at radius 1 is 1.29 bits per heavy atom. The van der Waals surface area contributed by atoms with E-state index in [-0.39, 0.29) is 22.3 Å². The minimum absolute atomic E-state index is 0.0293. The maximum Gasteiger partial charge on any atom is 0.271 e. The van der Waals surface area contributed by atoms with Gasteiger partial charge in [-0.05, 0) is 18.9 Å². The summed E-state index contributed by atoms with van der Waals surface area (Å²) in [5.41, 5.74) is 5.40. The predicted molar refractivity (Wildman–Crippen MR) is 79.3 cm³/mol. The Morgan fingerprint density at radius 2 is 1.90 bits per heavy atom. The molecule has 0 unspecified atom stereocenters. The van der Waals surface area contributed by atoms with Crippen molar-refractivity contribution in [3.05, 3.63) is 28.3 Å². The number of nitrogen functional groups attached to an aromatic ring is 1. The number of anilines is 1. The van der Waals surface area contributed by atoms with Crippen LogP contribution in [0.1, 0.15) is 32.1 Å². The fourth-order valence-corrected chi connectivity index (χ4v) is 4.19. The quantitative estimate of drug-likeness (QED) is 0.520. The van der Waals surface area contributed by atoms with Gasteiger partial charge in [0.25, 0.3) is 5.69 Å². The zero-order valence-corrected chi connectivity index (χ0v) is 12.7. The first kappa shape index (κ1) is 15.7. The standard InChI is InChI=1S/C13H19N3O4S/c1-15(10-5-3-2-4-6-10)21(19,20)13-8-7-11(16(17)18)9-12(13)14/h7-10H,2-6,14H2,1H3. The molecule has 116 valence electrons. The molecule has 2 rings (SSSR count). The monoisotopic (exact) mass is 313 g/mol. The second kappa shape index (κ2) is 5.98. The normalized spacial score (nSPS) is 17.0. The number of sulfonamides is 1. The second-order valence-electron chi connectivity index (χ2n) is 5.29. The molecule has 0 saturated heterocycles. The smallest absolute Gasteiger partial charge is 0.271 e. The van der Waals surface area contributed by atoms with Gasteiger partial charge in [0.2, 0.25) is 10.0 Å². The van der Waals surface area contributed by atoms with Crippen molar-refractivity contribution < 1.29 is 13.3 Å². The van der Waals surface area contributed by atoms with E-state index >= 15 is 0 Å². The van der Waals surface area contributed by atoms with Crippen LogP contribution in [0, 0.1) is 10.1 Å². The average molecular weight is 313 g/mol. The highest BCUT2D eigenvalue weighted by atomic mass is 32.2. The molecule has 21 heavy (non-hydrogen) atoms. The lowest BCUT2D eigenvalue weighted by Gasteiger charge is -2.30. The fraction of sp³-hybridized carbons (Fsp3) is 0.538. The van der Waals surface area contributed by atoms with E-state index in [1.807, 2.05) is 0 Å². The number of rotatable bonds is 4. The minimum atomic E-state index is -3.73. The summed E-state index contributed by atoms with van der Waals surface area (Å²) in [6.07, 6.45) is 4.83. The molecule has 0 aliphatic heterocycles. The highest BCUT2D eigenvalue weighted by Gasteiger charge is 2.30. The first-order valence-corrected chi connectivity index (χ1v) is 8.30. The van der Waals surface area contributed by atoms with Gasteiger partial charge < -0.3 is 5.73 Å². The van der Waals surface area contributed by atoms with Gasteiger partial charge in [0.1, 0.15) is 4.90 Å². The van der Waals surface area contributed by atoms with Gasteiger partial charge in [0.15, 0.2) is 0 Å². The molecule has 0 heterocycles. The van der Waals surface area contributed by atoms with Crippen LogP contribution in [-0.2, 0) is 10.0 Å². The van der Waals surface area contributed by atoms with E-state index in [9.17, 15) is 18.5 Å². The Labute approximate surface area is 123 Å². The third kappa shape index (κ3) is 3.16. The molecule has 2 N–H and O–H groups in total. The van der Waals surface area contributed by atoms with Crippen molar-refractivity contribution in [3.63, 3.8) is 0 Å². The molecule has 0 aromatic heterocycles. The zero-order chi connectivity index (χ0) is 15.6. The summed E-state index contributed by atoms with van der Waals surface area (Å²) in [5, 5.41) is 10.7. The molecule has 0 amide bonds. The van der Waals surface area contributed by atoms with E-state index in [2.05, 4.69) is 0 Å². The lowest BCUT2D eigenvalue weighted by atomic mass is 9.96. The molecule has 1 aliphatic rings. The first-order valence-electron chi connectivity index (χ1n) is 6.86. The van der Waals surface area contributed by atoms with Crippen LogP contribution >= 0.6 is 0 Å². The number of hydrogen-bond acceptors (Lipinski definition) is 5. The van der Waals surface area contributed by atoms with Crippen LogP contribution in [-0.4, -0.2) is 30.7 Å². The van der Waals surface area contributed by atoms with Gasteiger partial charge >= 0.3 is 0 Å². The number of nitrogens with zero attached hydrogens (tertiary/aromatic N) is 2. The Morgan fingerprint density at radius 3 is 2.43 bits per heavy atom. The van der Waals surface area contributed by atoms with E-state index in [0.717, 1.165) is 44.2 Å². The number of hydrogen-bond donors (Lipinski definition) is 1. The lowest BCUT2D eigenvalue weighted by Crippen LogP contribution is -2.38. The highest BCUT2D eigenvalue weighted by Crippen LogP contribution is 2.30. The molecule has 1 aliphatic carbocycles. The molecule has 1 saturated carbocycles. The molecule has 0 atom stereocenters. The topological polar surface area (TPSA) is 107 Å². The maximum absolute atomic E-state index is 12.6. The van der Waals surface area contributed by atoms with Crippen molar-refractivity contribution in [3.8, 4) is 0 Å². The number of nitrogens with two attached hydrogens (primary N) is 1. The summed E-state index contributed by atoms with van der Waals surface area (Å²) in [6.45, 7) is 0. The summed E-state index contributed by atoms with van der Waals surface area (Å²) in [5.74, 6) is 0. The Bertz CT molecular complexity index is 639. The lowest BCUT2D eigenvalue weighted by molar-refractivity contribution is -0.384. The number of benzene rings is 1. The Kier molecular flexibility index (Phi) is 4.48. The molecule has 0 radical (unpaired) electrons. The van der Waals surface area contributed by atoms with Crippen LogP contribution in [0.5, 0.6) is 0 Å². The van der Waals surface area contributed by atoms with Crippen LogP contribution in [0.2, 0.25) is 0 Å². The van der Waals surface area contributed by atoms with E-state index in [1.165, 1.54) is 10.4 Å². The molecule has 1 aromatic rings. The van der Waals surface area contributed by atoms with Crippen molar-refractivity contribution in [2.24, 2.45) is 0 Å². The molecule has 0 bridgehead atoms. The van der Waals surface area contributed by atoms with Crippen LogP contribution in [0.15, 0.2) is 23.1 Å². The number of nitro benzene ring substituents is 1. The van der Waals surface area contributed by atoms with E-state index < -0.39 is 14.9 Å². The molecule has 1 aromatic carbocycles. The first-order chi connectivity index (χ1) is 9.84. The Balaban J connectivity index is 2.32. The summed E-state index contributed by atoms with van der Waals surface area (Å²) >= 11 is 0. The SMILES string of the molecule is CN(C1CCCCC1)S(=O)(=O)c1ccc([N+](=O)[O-])cc1N. The molecule has 0 spiro atoms. The van der Waals surface area contributed by atoms with Gasteiger partial charge in [0, 0.05) is 25.2 Å². The van der Waals surface area contributed by atoms with Crippen LogP contribution in [0.3, 0.4) is 0 Å². The molecule has 7 nitrogen and oxygen atoms in total. The van der Waals surface area contributed by atoms with Crippen LogP contribution in [0.25, 0.3) is 0 Å². The molecule has 8 heteroatoms. The van der Waals surface area contributed by atoms with Crippen LogP contribution < -0.4 is 5.73 Å². The van der Waals surface area contributed by atoms with Gasteiger partial charge in [-0.15, -0.1) is 0 Å². The van der Waals surface area contributed by atoms with Crippen LogP contribution in [0.4, 0.5) is 11.4 Å². The van der Waals surface area contributed by atoms with Crippen molar-refractivity contribution in [1.29, 1.82) is 0 Å². The second-order valence-corrected chi connectivity index (χ2v) is 7.26. The summed E-state index contributed by atoms with van der Waals surface area (Å²) < 4.78 is 26.6. The third-order valence-electron chi connectivity index (χ3n) is 3.95. The average Bonchev–Trinajstić information content (AvgIpc) is 2.46. The van der Waals surface area contributed by atoms with Gasteiger partial charge in [-0.25, -0.2) is 8.42 Å². The molecular formula is C13H19N3O4S. The summed E-state index contributed by atoms with van der Waals surface area (Å²) in [6, 6.07) is 3.43. The van der Waals surface area contributed by atoms with Crippen molar-refractivity contribution >= 4 is 21.4 Å². The maximum atomic E-state index is 12.6. The third-order valence-corrected chi connectivity index (χ3v) is 5.93. The summed E-state index contributed by atoms with van der Waals surface area (Å²) in [7, 11) is -2.18. The predicted octanol–water partition coefficient (Wildman–Crippen LogP) is 2.13. The largest absolute Gasteiger partial charge is 0.397 e. The Hall–Kier alpha value is -1.67. The van der Waals surface area contributed by atoms with Gasteiger partial charge in [-0.1, -0.05) is 19.3 Å². The highest BCUT2D eigenvalue weighted by molar-refractivity contribution is 7.89. The fourth-order valence-electron chi connectivity index (χ4n) is 2.68. The van der Waals surface area contributed by atoms with E-state index in [0.29, 0.717) is 0 Å². The van der Waals surface area contributed by atoms with E-state index in [4.69, 9.17) is 5.73 Å². The molecule has 1 fully saturated rings. The number of non-ortho nitro benzene ring substituents is 1. The molecular weight excluding hydrogens is 294 g/mol. The number of nitro groups is 1. The van der Waals surface area contributed by atoms with Gasteiger partial charge in [0.05, 0.1) is 10.6 Å². The van der Waals surface area contributed by atoms with Crippen molar-refractivity contribution in [2.45, 2.75) is 43.0 Å². The zero-order valence-electron chi connectivity index (χ0n) is 11.9. The van der Waals surface area contributed by atoms with Gasteiger partial charge in [-0.3, -0.25) is 10.1 Å². The van der Waals surface area contributed by atoms with E-state index in [1.54, 1.807) is 7.05 Å². The minimum Gasteiger partial charge on any atom is -0.397 e. The summed E-state index contributed by atoms with van der Waals surface area (Å²) in [4.78, 5) is 10.0.